The molecular weight excluding hydrogens is 1090 g/mol. The third-order valence-corrected chi connectivity index (χ3v) is 65.1. The van der Waals surface area contributed by atoms with Gasteiger partial charge in [-0.2, -0.15) is 0 Å². The highest BCUT2D eigenvalue weighted by Gasteiger charge is 2.84. The molecule has 482 valence electrons. The average Bonchev–Trinajstić information content (AvgIpc) is 1.43. The highest BCUT2D eigenvalue weighted by Crippen LogP contribution is 2.74. The largest absolute Gasteiger partial charge is 0.0796 e. The Morgan fingerprint density at radius 2 is 0.460 bits per heavy atom. The summed E-state index contributed by atoms with van der Waals surface area (Å²) in [4.78, 5) is 0. The lowest BCUT2D eigenvalue weighted by molar-refractivity contribution is 0.278. The fourth-order valence-corrected chi connectivity index (χ4v) is 74.5. The smallest absolute Gasteiger partial charge is 0.0645 e. The van der Waals surface area contributed by atoms with Gasteiger partial charge in [0.05, 0.1) is 22.8 Å². The monoisotopic (exact) mass is 1230 g/mol. The fourth-order valence-electron chi connectivity index (χ4n) is 26.5. The molecule has 0 amide bonds. The second-order valence-electron chi connectivity index (χ2n) is 33.0. The molecule has 8 aliphatic rings. The second-order valence-corrected chi connectivity index (χ2v) is 53.7. The standard InChI is InChI=1S/C84H134Si3/c1-25-73(26-2)51-79(37-13,38-14)64-58(73)48-59-65(80(39-15,40-16)52-74(59,27-3)28-4)70(64)85-86(71-66-60(75(29-5,30-6)53-81(66,41-17)42-18)49-61-67(71)82(43-19,44-20)54-76(61,31-7)32-8)87(85)57(24)84(47-23)56-78(35-11,36-12)63-50-62-68(72(87)69(63)84)83(45-21,46-22)55-77(62,33-9)34-10/h48-50,57H,25-47,51-56H2,1-24H3. The lowest BCUT2D eigenvalue weighted by Gasteiger charge is -2.40. The zero-order chi connectivity index (χ0) is 63.5. The van der Waals surface area contributed by atoms with Crippen LogP contribution in [0.1, 0.15) is 419 Å². The molecule has 1 spiro atoms. The first kappa shape index (κ1) is 66.8. The summed E-state index contributed by atoms with van der Waals surface area (Å²) >= 11 is 0. The van der Waals surface area contributed by atoms with E-state index in [9.17, 15) is 0 Å². The summed E-state index contributed by atoms with van der Waals surface area (Å²) in [6.07, 6.45) is 38.0. The molecule has 87 heavy (non-hydrogen) atoms. The molecule has 2 heterocycles. The summed E-state index contributed by atoms with van der Waals surface area (Å²) in [6.45, 7) is 65.0. The van der Waals surface area contributed by atoms with Crippen LogP contribution in [0.3, 0.4) is 0 Å². The van der Waals surface area contributed by atoms with E-state index in [1.54, 1.807) is 0 Å². The van der Waals surface area contributed by atoms with Crippen LogP contribution >= 0.6 is 0 Å². The van der Waals surface area contributed by atoms with Crippen LogP contribution in [-0.4, -0.2) is 22.8 Å². The molecule has 1 saturated heterocycles. The third-order valence-electron chi connectivity index (χ3n) is 33.5. The number of hydrogen-bond donors (Lipinski definition) is 0. The van der Waals surface area contributed by atoms with Gasteiger partial charge in [0, 0.05) is 0 Å². The molecule has 11 rings (SSSR count). The minimum Gasteiger partial charge on any atom is -0.0645 e. The lowest BCUT2D eigenvalue weighted by Crippen LogP contribution is -2.53. The molecule has 0 bridgehead atoms. The van der Waals surface area contributed by atoms with Crippen molar-refractivity contribution >= 4 is 38.3 Å². The normalized spacial score (nSPS) is 27.0. The second kappa shape index (κ2) is 22.2. The molecule has 0 nitrogen and oxygen atoms in total. The van der Waals surface area contributed by atoms with Gasteiger partial charge in [-0.25, -0.2) is 0 Å². The van der Waals surface area contributed by atoms with Gasteiger partial charge in [0.2, 0.25) is 0 Å². The molecule has 0 saturated carbocycles. The first-order valence-corrected chi connectivity index (χ1v) is 47.1. The lowest BCUT2D eigenvalue weighted by atomic mass is 9.70. The first-order valence-electron chi connectivity index (χ1n) is 39.0. The Morgan fingerprint density at radius 3 is 0.678 bits per heavy atom. The van der Waals surface area contributed by atoms with Crippen molar-refractivity contribution < 1.29 is 0 Å². The van der Waals surface area contributed by atoms with Crippen LogP contribution in [0.15, 0.2) is 18.2 Å². The van der Waals surface area contributed by atoms with Crippen molar-refractivity contribution in [2.45, 2.75) is 423 Å². The van der Waals surface area contributed by atoms with Crippen molar-refractivity contribution in [2.24, 2.45) is 0 Å². The summed E-state index contributed by atoms with van der Waals surface area (Å²) in [7, 11) is -5.21. The topological polar surface area (TPSA) is 0 Å². The van der Waals surface area contributed by atoms with Gasteiger partial charge in [0.15, 0.2) is 0 Å². The van der Waals surface area contributed by atoms with Gasteiger partial charge in [-0.15, -0.1) is 0 Å². The molecular formula is C84H134Si3. The van der Waals surface area contributed by atoms with Crippen LogP contribution in [0.2, 0.25) is 5.54 Å². The Morgan fingerprint density at radius 1 is 0.264 bits per heavy atom. The Kier molecular flexibility index (Phi) is 17.0. The van der Waals surface area contributed by atoms with Gasteiger partial charge in [-0.3, -0.25) is 0 Å². The molecule has 6 aliphatic carbocycles. The number of hydrogen-bond acceptors (Lipinski definition) is 0. The summed E-state index contributed by atoms with van der Waals surface area (Å²) in [5.41, 5.74) is 27.5. The van der Waals surface area contributed by atoms with E-state index >= 15 is 0 Å². The van der Waals surface area contributed by atoms with E-state index in [4.69, 9.17) is 0 Å². The van der Waals surface area contributed by atoms with Crippen LogP contribution in [0.25, 0.3) is 0 Å². The third kappa shape index (κ3) is 7.54. The van der Waals surface area contributed by atoms with Crippen LogP contribution in [-0.2, 0) is 65.0 Å². The average molecular weight is 1230 g/mol. The van der Waals surface area contributed by atoms with Gasteiger partial charge in [-0.1, -0.05) is 200 Å². The minimum absolute atomic E-state index is 0.210. The van der Waals surface area contributed by atoms with Crippen molar-refractivity contribution in [3.63, 3.8) is 0 Å². The van der Waals surface area contributed by atoms with E-state index in [-0.39, 0.29) is 65.0 Å². The van der Waals surface area contributed by atoms with E-state index in [1.165, 1.54) is 186 Å². The molecule has 3 aromatic carbocycles. The Balaban J connectivity index is 1.51. The van der Waals surface area contributed by atoms with Crippen molar-refractivity contribution in [1.29, 1.82) is 0 Å². The van der Waals surface area contributed by atoms with Gasteiger partial charge in [0.1, 0.15) is 0 Å². The van der Waals surface area contributed by atoms with E-state index in [2.05, 4.69) is 233 Å². The molecule has 2 aliphatic heterocycles. The molecule has 2 radical (unpaired) electrons. The number of rotatable bonds is 25. The van der Waals surface area contributed by atoms with Gasteiger partial charge >= 0.3 is 0 Å². The van der Waals surface area contributed by atoms with Crippen molar-refractivity contribution in [3.8, 4) is 0 Å². The summed E-state index contributed by atoms with van der Waals surface area (Å²) in [5, 5.41) is 6.74. The highest BCUT2D eigenvalue weighted by molar-refractivity contribution is 8.10. The first-order chi connectivity index (χ1) is 41.6. The molecule has 1 fully saturated rings. The molecule has 2 atom stereocenters. The fraction of sp³-hybridized carbons (Fsp3) is 0.786. The number of benzene rings is 3. The van der Waals surface area contributed by atoms with E-state index in [0.29, 0.717) is 0 Å². The Hall–Kier alpha value is -1.69. The van der Waals surface area contributed by atoms with Gasteiger partial charge < -0.3 is 0 Å². The maximum absolute atomic E-state index is 3.15. The SMILES string of the molecule is CCC1(CC)CC(CC)(CC)c2c1cc1c(c2[Si]2[Si](c3c4c(cc5c3C(CC)(CC)CC5(CC)CC)C(CC)(CC)CC4(CC)CC)[Si]23c2c4c(cc5c2C(CC)(CC5(CC)CC)C3C)C(CC)(CC)CC4(CC)CC)C(CC)(CC)CC1(CC)CC. The van der Waals surface area contributed by atoms with E-state index in [0.717, 1.165) is 5.54 Å². The summed E-state index contributed by atoms with van der Waals surface area (Å²) in [5.74, 6) is 0. The van der Waals surface area contributed by atoms with E-state index < -0.39 is 22.8 Å². The van der Waals surface area contributed by atoms with Crippen molar-refractivity contribution in [3.05, 3.63) is 85.0 Å². The van der Waals surface area contributed by atoms with E-state index in [1.807, 2.05) is 33.4 Å². The number of fused-ring (bicyclic) bond motifs is 7. The highest BCUT2D eigenvalue weighted by atomic mass is 30.2. The molecule has 2 unspecified atom stereocenters. The molecule has 0 aromatic heterocycles. The Bertz CT molecular complexity index is 2840. The minimum atomic E-state index is -2.63. The molecule has 3 heteroatoms. The zero-order valence-electron chi connectivity index (χ0n) is 61.8. The molecule has 3 aromatic rings. The van der Waals surface area contributed by atoms with Gasteiger partial charge in [0.25, 0.3) is 0 Å². The van der Waals surface area contributed by atoms with Crippen molar-refractivity contribution in [2.75, 3.05) is 0 Å². The van der Waals surface area contributed by atoms with Crippen LogP contribution in [0.4, 0.5) is 0 Å². The Labute approximate surface area is 542 Å². The van der Waals surface area contributed by atoms with Crippen LogP contribution in [0.5, 0.6) is 0 Å². The maximum atomic E-state index is 3.15. The molecule has 0 N–H and O–H groups in total. The summed E-state index contributed by atoms with van der Waals surface area (Å²) in [6, 6.07) is 9.36. The maximum Gasteiger partial charge on any atom is 0.0796 e. The predicted octanol–water partition coefficient (Wildman–Crippen LogP) is 22.5. The zero-order valence-corrected chi connectivity index (χ0v) is 64.8. The quantitative estimate of drug-likeness (QED) is 0.0742. The predicted molar refractivity (Wildman–Crippen MR) is 389 cm³/mol. The summed E-state index contributed by atoms with van der Waals surface area (Å²) < 4.78 is 0. The van der Waals surface area contributed by atoms with Gasteiger partial charge in [-0.05, 0) is 323 Å². The van der Waals surface area contributed by atoms with Crippen LogP contribution < -0.4 is 15.6 Å². The van der Waals surface area contributed by atoms with Crippen LogP contribution in [0, 0.1) is 0 Å². The van der Waals surface area contributed by atoms with Crippen molar-refractivity contribution in [1.82, 2.24) is 0 Å².